The molecule has 4 aliphatic heterocycles. The zero-order valence-corrected chi connectivity index (χ0v) is 15.0. The third-order valence-corrected chi connectivity index (χ3v) is 6.30. The number of carbonyl (C=O) groups is 2. The second-order valence-corrected chi connectivity index (χ2v) is 7.96. The number of ether oxygens (including phenoxy) is 1. The molecule has 0 saturated carbocycles. The standard InChI is InChI=1S/C20H22FN3O3/c21-14-4-8-23(9-5-14)18(25)16-15-3-6-20(27-15)12-24(19(26)17(16)20)11-13-2-1-7-22-10-13/h1-3,6-7,10,14-17H,4-5,8-9,11-12H2/t15-,16+,17+,20-/m0/s1. The number of carbonyl (C=O) groups excluding carboxylic acids is 2. The first-order valence-corrected chi connectivity index (χ1v) is 9.55. The first-order valence-electron chi connectivity index (χ1n) is 9.55. The highest BCUT2D eigenvalue weighted by atomic mass is 19.1. The van der Waals surface area contributed by atoms with Gasteiger partial charge in [0.15, 0.2) is 0 Å². The van der Waals surface area contributed by atoms with E-state index >= 15 is 0 Å². The lowest BCUT2D eigenvalue weighted by molar-refractivity contribution is -0.144. The minimum Gasteiger partial charge on any atom is -0.360 e. The Morgan fingerprint density at radius 3 is 2.93 bits per heavy atom. The van der Waals surface area contributed by atoms with E-state index in [-0.39, 0.29) is 17.9 Å². The lowest BCUT2D eigenvalue weighted by Gasteiger charge is -2.33. The van der Waals surface area contributed by atoms with E-state index in [1.54, 1.807) is 22.2 Å². The van der Waals surface area contributed by atoms with Gasteiger partial charge in [-0.1, -0.05) is 18.2 Å². The molecule has 1 aromatic heterocycles. The zero-order valence-electron chi connectivity index (χ0n) is 15.0. The van der Waals surface area contributed by atoms with Gasteiger partial charge in [-0.15, -0.1) is 0 Å². The second kappa shape index (κ2) is 6.12. The van der Waals surface area contributed by atoms with Gasteiger partial charge < -0.3 is 14.5 Å². The summed E-state index contributed by atoms with van der Waals surface area (Å²) in [5.74, 6) is -1.10. The lowest BCUT2D eigenvalue weighted by Crippen LogP contribution is -2.48. The molecule has 6 nitrogen and oxygen atoms in total. The Morgan fingerprint density at radius 2 is 2.19 bits per heavy atom. The Bertz CT molecular complexity index is 793. The fourth-order valence-corrected chi connectivity index (χ4v) is 4.99. The summed E-state index contributed by atoms with van der Waals surface area (Å²) in [6, 6.07) is 3.78. The van der Waals surface area contributed by atoms with Crippen molar-refractivity contribution in [2.24, 2.45) is 11.8 Å². The third-order valence-electron chi connectivity index (χ3n) is 6.30. The Morgan fingerprint density at radius 1 is 1.37 bits per heavy atom. The quantitative estimate of drug-likeness (QED) is 0.752. The number of likely N-dealkylation sites (tertiary alicyclic amines) is 2. The summed E-state index contributed by atoms with van der Waals surface area (Å²) in [4.78, 5) is 33.9. The number of amides is 2. The highest BCUT2D eigenvalue weighted by Crippen LogP contribution is 2.52. The number of hydrogen-bond acceptors (Lipinski definition) is 4. The summed E-state index contributed by atoms with van der Waals surface area (Å²) in [6.45, 7) is 1.75. The normalized spacial score (nSPS) is 35.1. The van der Waals surface area contributed by atoms with Crippen LogP contribution in [0.3, 0.4) is 0 Å². The van der Waals surface area contributed by atoms with E-state index in [2.05, 4.69) is 4.98 Å². The van der Waals surface area contributed by atoms with Crippen LogP contribution < -0.4 is 0 Å². The van der Waals surface area contributed by atoms with Crippen LogP contribution in [-0.4, -0.2) is 64.1 Å². The molecular weight excluding hydrogens is 349 g/mol. The van der Waals surface area contributed by atoms with Crippen molar-refractivity contribution >= 4 is 11.8 Å². The molecule has 3 fully saturated rings. The van der Waals surface area contributed by atoms with Crippen molar-refractivity contribution in [3.8, 4) is 0 Å². The van der Waals surface area contributed by atoms with Gasteiger partial charge in [0, 0.05) is 32.0 Å². The van der Waals surface area contributed by atoms with E-state index in [4.69, 9.17) is 4.74 Å². The average Bonchev–Trinajstić information content (AvgIpc) is 3.31. The highest BCUT2D eigenvalue weighted by molar-refractivity contribution is 5.93. The molecule has 4 aliphatic rings. The molecule has 2 amide bonds. The number of alkyl halides is 1. The van der Waals surface area contributed by atoms with Crippen LogP contribution in [0.2, 0.25) is 0 Å². The van der Waals surface area contributed by atoms with Crippen LogP contribution in [0.1, 0.15) is 18.4 Å². The van der Waals surface area contributed by atoms with Crippen LogP contribution in [0, 0.1) is 11.8 Å². The SMILES string of the molecule is O=C([C@@H]1[C@@H]2C=C[C@@]3(CN(Cc4cccnc4)C(=O)[C@@H]13)O2)N1CCC(F)CC1. The molecule has 142 valence electrons. The number of pyridine rings is 1. The van der Waals surface area contributed by atoms with Crippen LogP contribution in [0.5, 0.6) is 0 Å². The molecule has 0 aromatic carbocycles. The van der Waals surface area contributed by atoms with Crippen molar-refractivity contribution in [3.63, 3.8) is 0 Å². The molecule has 0 aliphatic carbocycles. The molecule has 27 heavy (non-hydrogen) atoms. The van der Waals surface area contributed by atoms with Crippen molar-refractivity contribution in [1.82, 2.24) is 14.8 Å². The smallest absolute Gasteiger partial charge is 0.230 e. The fourth-order valence-electron chi connectivity index (χ4n) is 4.99. The van der Waals surface area contributed by atoms with Gasteiger partial charge in [-0.2, -0.15) is 0 Å². The van der Waals surface area contributed by atoms with Crippen LogP contribution in [-0.2, 0) is 20.9 Å². The molecule has 0 N–H and O–H groups in total. The van der Waals surface area contributed by atoms with Crippen LogP contribution in [0.4, 0.5) is 4.39 Å². The number of piperidine rings is 1. The van der Waals surface area contributed by atoms with E-state index in [0.29, 0.717) is 39.0 Å². The Balaban J connectivity index is 1.38. The van der Waals surface area contributed by atoms with Crippen LogP contribution in [0.15, 0.2) is 36.7 Å². The largest absolute Gasteiger partial charge is 0.360 e. The van der Waals surface area contributed by atoms with Crippen LogP contribution >= 0.6 is 0 Å². The van der Waals surface area contributed by atoms with Gasteiger partial charge in [-0.3, -0.25) is 14.6 Å². The maximum atomic E-state index is 13.4. The van der Waals surface area contributed by atoms with Gasteiger partial charge in [0.2, 0.25) is 11.8 Å². The molecule has 5 heterocycles. The molecule has 1 spiro atoms. The number of rotatable bonds is 3. The molecule has 5 rings (SSSR count). The molecule has 4 atom stereocenters. The van der Waals surface area contributed by atoms with Gasteiger partial charge in [-0.05, 0) is 24.5 Å². The van der Waals surface area contributed by atoms with Crippen molar-refractivity contribution in [2.45, 2.75) is 37.3 Å². The van der Waals surface area contributed by atoms with Crippen molar-refractivity contribution < 1.29 is 18.7 Å². The summed E-state index contributed by atoms with van der Waals surface area (Å²) >= 11 is 0. The molecule has 1 aromatic rings. The van der Waals surface area contributed by atoms with E-state index in [1.807, 2.05) is 24.3 Å². The molecule has 3 saturated heterocycles. The van der Waals surface area contributed by atoms with Gasteiger partial charge in [0.25, 0.3) is 0 Å². The maximum Gasteiger partial charge on any atom is 0.230 e. The monoisotopic (exact) mass is 371 g/mol. The summed E-state index contributed by atoms with van der Waals surface area (Å²) < 4.78 is 19.6. The minimum absolute atomic E-state index is 0.0376. The van der Waals surface area contributed by atoms with Gasteiger partial charge in [-0.25, -0.2) is 4.39 Å². The second-order valence-electron chi connectivity index (χ2n) is 7.96. The van der Waals surface area contributed by atoms with E-state index in [1.165, 1.54) is 0 Å². The molecule has 0 radical (unpaired) electrons. The molecular formula is C20H22FN3O3. The van der Waals surface area contributed by atoms with Crippen molar-refractivity contribution in [1.29, 1.82) is 0 Å². The molecule has 2 bridgehead atoms. The number of aromatic nitrogens is 1. The van der Waals surface area contributed by atoms with Crippen molar-refractivity contribution in [3.05, 3.63) is 42.2 Å². The summed E-state index contributed by atoms with van der Waals surface area (Å²) in [7, 11) is 0. The Hall–Kier alpha value is -2.28. The molecule has 0 unspecified atom stereocenters. The predicted octanol–water partition coefficient (Wildman–Crippen LogP) is 1.32. The summed E-state index contributed by atoms with van der Waals surface area (Å²) in [5, 5.41) is 0. The number of hydrogen-bond donors (Lipinski definition) is 0. The Kier molecular flexibility index (Phi) is 3.82. The lowest BCUT2D eigenvalue weighted by atomic mass is 9.76. The Labute approximate surface area is 157 Å². The van der Waals surface area contributed by atoms with E-state index in [0.717, 1.165) is 5.56 Å². The van der Waals surface area contributed by atoms with Crippen molar-refractivity contribution in [2.75, 3.05) is 19.6 Å². The van der Waals surface area contributed by atoms with Crippen LogP contribution in [0.25, 0.3) is 0 Å². The zero-order chi connectivity index (χ0) is 18.6. The maximum absolute atomic E-state index is 13.4. The average molecular weight is 371 g/mol. The first kappa shape index (κ1) is 16.9. The van der Waals surface area contributed by atoms with Gasteiger partial charge in [0.1, 0.15) is 11.8 Å². The van der Waals surface area contributed by atoms with E-state index in [9.17, 15) is 14.0 Å². The number of nitrogens with zero attached hydrogens (tertiary/aromatic N) is 3. The number of halogens is 1. The third kappa shape index (κ3) is 2.59. The summed E-state index contributed by atoms with van der Waals surface area (Å²) in [6.07, 6.45) is 6.88. The topological polar surface area (TPSA) is 62.7 Å². The summed E-state index contributed by atoms with van der Waals surface area (Å²) in [5.41, 5.74) is 0.247. The highest BCUT2D eigenvalue weighted by Gasteiger charge is 2.67. The van der Waals surface area contributed by atoms with Gasteiger partial charge in [0.05, 0.1) is 24.5 Å². The molecule has 7 heteroatoms. The van der Waals surface area contributed by atoms with Gasteiger partial charge >= 0.3 is 0 Å². The predicted molar refractivity (Wildman–Crippen MR) is 94.1 cm³/mol. The fraction of sp³-hybridized carbons (Fsp3) is 0.550. The first-order chi connectivity index (χ1) is 13.1. The number of fused-ring (bicyclic) bond motifs is 1. The minimum atomic E-state index is -0.834. The van der Waals surface area contributed by atoms with E-state index < -0.39 is 23.6 Å².